The van der Waals surface area contributed by atoms with E-state index in [0.29, 0.717) is 23.6 Å². The predicted octanol–water partition coefficient (Wildman–Crippen LogP) is 1.51. The summed E-state index contributed by atoms with van der Waals surface area (Å²) in [6, 6.07) is 3.66. The highest BCUT2D eigenvalue weighted by Crippen LogP contribution is 2.11. The van der Waals surface area contributed by atoms with E-state index in [-0.39, 0.29) is 25.8 Å². The molecule has 0 saturated carbocycles. The van der Waals surface area contributed by atoms with E-state index in [0.717, 1.165) is 5.56 Å². The van der Waals surface area contributed by atoms with Crippen molar-refractivity contribution in [2.24, 2.45) is 16.7 Å². The largest absolute Gasteiger partial charge is 0.384 e. The third kappa shape index (κ3) is 6.54. The summed E-state index contributed by atoms with van der Waals surface area (Å²) in [5.41, 5.74) is 10.2. The Bertz CT molecular complexity index is 753. The van der Waals surface area contributed by atoms with E-state index in [4.69, 9.17) is 16.3 Å². The molecule has 0 aliphatic rings. The van der Waals surface area contributed by atoms with Crippen molar-refractivity contribution in [1.82, 2.24) is 20.2 Å². The molecule has 1 amide bonds. The number of pyridine rings is 1. The van der Waals surface area contributed by atoms with Gasteiger partial charge in [0.05, 0.1) is 12.8 Å². The zero-order valence-corrected chi connectivity index (χ0v) is 14.7. The highest BCUT2D eigenvalue weighted by Gasteiger charge is 2.12. The summed E-state index contributed by atoms with van der Waals surface area (Å²) >= 11 is 0. The lowest BCUT2D eigenvalue weighted by Gasteiger charge is -2.06. The Balaban J connectivity index is 0.00000201. The van der Waals surface area contributed by atoms with Gasteiger partial charge in [-0.15, -0.1) is 5.10 Å². The number of imidazole rings is 1. The van der Waals surface area contributed by atoms with E-state index in [1.807, 2.05) is 26.0 Å². The molecule has 0 aliphatic heterocycles. The van der Waals surface area contributed by atoms with Crippen LogP contribution < -0.4 is 22.4 Å². The first kappa shape index (κ1) is 23.1. The number of allylic oxidation sites excluding steroid dienone is 1. The SMILES string of the molecule is C.C=C(C)NC(=O)c1cnc2cc(COC/C(N)=N/NN)ccn12.CC. The molecule has 0 bridgehead atoms. The number of fused-ring (bicyclic) bond motifs is 1. The Morgan fingerprint density at radius 1 is 1.46 bits per heavy atom. The number of ether oxygens (including phenoxy) is 1. The summed E-state index contributed by atoms with van der Waals surface area (Å²) in [5.74, 6) is 5.00. The van der Waals surface area contributed by atoms with Gasteiger partial charge in [-0.05, 0) is 24.6 Å². The number of hydrogen-bond acceptors (Lipinski definition) is 6. The van der Waals surface area contributed by atoms with Crippen molar-refractivity contribution in [1.29, 1.82) is 0 Å². The molecule has 9 heteroatoms. The fraction of sp³-hybridized carbons (Fsp3) is 0.353. The number of hydrazine groups is 1. The maximum atomic E-state index is 12.0. The van der Waals surface area contributed by atoms with Gasteiger partial charge in [0.1, 0.15) is 23.8 Å². The third-order valence-electron chi connectivity index (χ3n) is 2.86. The van der Waals surface area contributed by atoms with E-state index in [1.165, 1.54) is 6.20 Å². The van der Waals surface area contributed by atoms with Crippen LogP contribution in [0.1, 0.15) is 44.2 Å². The number of amides is 1. The van der Waals surface area contributed by atoms with Crippen LogP contribution in [0.25, 0.3) is 5.65 Å². The summed E-state index contributed by atoms with van der Waals surface area (Å²) in [7, 11) is 0. The number of rotatable bonds is 7. The predicted molar refractivity (Wildman–Crippen MR) is 104 cm³/mol. The van der Waals surface area contributed by atoms with Crippen LogP contribution >= 0.6 is 0 Å². The Morgan fingerprint density at radius 2 is 2.15 bits per heavy atom. The minimum absolute atomic E-state index is 0. The summed E-state index contributed by atoms with van der Waals surface area (Å²) in [6.07, 6.45) is 3.27. The third-order valence-corrected chi connectivity index (χ3v) is 2.86. The van der Waals surface area contributed by atoms with E-state index in [2.05, 4.69) is 27.5 Å². The van der Waals surface area contributed by atoms with Crippen molar-refractivity contribution in [3.05, 3.63) is 48.1 Å². The quantitative estimate of drug-likeness (QED) is 0.255. The summed E-state index contributed by atoms with van der Waals surface area (Å²) in [4.78, 5) is 16.2. The standard InChI is InChI=1S/C14H19N7O2.C2H6.CH4/c1-9(2)18-14(22)11-6-17-13-5-10(3-4-21(11)13)7-23-8-12(15)19-20-16;1-2;/h3-6,20H,1,7-8,16H2,2H3,(H2,15,19)(H,18,22);1-2H3;1H4. The Hall–Kier alpha value is -2.91. The molecule has 0 atom stereocenters. The summed E-state index contributed by atoms with van der Waals surface area (Å²) in [5, 5.41) is 6.23. The zero-order chi connectivity index (χ0) is 18.8. The fourth-order valence-corrected chi connectivity index (χ4v) is 1.93. The molecule has 26 heavy (non-hydrogen) atoms. The van der Waals surface area contributed by atoms with Gasteiger partial charge in [-0.1, -0.05) is 27.9 Å². The second kappa shape index (κ2) is 11.6. The fourth-order valence-electron chi connectivity index (χ4n) is 1.93. The van der Waals surface area contributed by atoms with Crippen LogP contribution in [-0.4, -0.2) is 27.7 Å². The molecule has 9 nitrogen and oxygen atoms in total. The zero-order valence-electron chi connectivity index (χ0n) is 14.7. The van der Waals surface area contributed by atoms with Crippen molar-refractivity contribution >= 4 is 17.4 Å². The number of carbonyl (C=O) groups is 1. The molecule has 2 aromatic rings. The lowest BCUT2D eigenvalue weighted by molar-refractivity contribution is 0.0960. The van der Waals surface area contributed by atoms with Crippen molar-refractivity contribution in [3.8, 4) is 0 Å². The molecule has 0 radical (unpaired) electrons. The van der Waals surface area contributed by atoms with Gasteiger partial charge in [0.2, 0.25) is 0 Å². The van der Waals surface area contributed by atoms with Gasteiger partial charge in [0.15, 0.2) is 0 Å². The molecule has 2 rings (SSSR count). The number of nitrogens with one attached hydrogen (secondary N) is 2. The number of amidine groups is 1. The van der Waals surface area contributed by atoms with E-state index < -0.39 is 0 Å². The van der Waals surface area contributed by atoms with Crippen LogP contribution in [0.15, 0.2) is 41.9 Å². The van der Waals surface area contributed by atoms with Gasteiger partial charge in [0.25, 0.3) is 5.91 Å². The first-order valence-electron chi connectivity index (χ1n) is 7.79. The Kier molecular flexibility index (Phi) is 10.3. The van der Waals surface area contributed by atoms with E-state index in [9.17, 15) is 4.79 Å². The van der Waals surface area contributed by atoms with E-state index in [1.54, 1.807) is 17.5 Å². The van der Waals surface area contributed by atoms with Gasteiger partial charge in [0, 0.05) is 11.9 Å². The van der Waals surface area contributed by atoms with Crippen LogP contribution in [0.2, 0.25) is 0 Å². The molecular weight excluding hydrogens is 334 g/mol. The van der Waals surface area contributed by atoms with Gasteiger partial charge in [-0.2, -0.15) is 0 Å². The average Bonchev–Trinajstić information content (AvgIpc) is 2.99. The lowest BCUT2D eigenvalue weighted by atomic mass is 10.3. The van der Waals surface area contributed by atoms with Crippen LogP contribution in [0, 0.1) is 0 Å². The molecule has 0 saturated heterocycles. The number of hydrazone groups is 1. The summed E-state index contributed by atoms with van der Waals surface area (Å²) in [6.45, 7) is 9.84. The molecule has 0 unspecified atom stereocenters. The highest BCUT2D eigenvalue weighted by molar-refractivity contribution is 5.94. The first-order chi connectivity index (χ1) is 12.0. The smallest absolute Gasteiger partial charge is 0.274 e. The molecule has 6 N–H and O–H groups in total. The topological polar surface area (TPSA) is 132 Å². The number of hydrogen-bond donors (Lipinski definition) is 4. The Morgan fingerprint density at radius 3 is 2.77 bits per heavy atom. The molecule has 0 spiro atoms. The second-order valence-electron chi connectivity index (χ2n) is 4.87. The number of nitrogens with two attached hydrogens (primary N) is 2. The van der Waals surface area contributed by atoms with E-state index >= 15 is 0 Å². The van der Waals surface area contributed by atoms with Crippen molar-refractivity contribution < 1.29 is 9.53 Å². The maximum absolute atomic E-state index is 12.0. The molecule has 0 aromatic carbocycles. The number of carbonyl (C=O) groups excluding carboxylic acids is 1. The number of aromatic nitrogens is 2. The maximum Gasteiger partial charge on any atom is 0.274 e. The molecule has 0 aliphatic carbocycles. The van der Waals surface area contributed by atoms with Crippen LogP contribution in [0.3, 0.4) is 0 Å². The van der Waals surface area contributed by atoms with Crippen molar-refractivity contribution in [2.75, 3.05) is 6.61 Å². The first-order valence-corrected chi connectivity index (χ1v) is 7.79. The van der Waals surface area contributed by atoms with Gasteiger partial charge < -0.3 is 15.8 Å². The number of nitrogens with zero attached hydrogens (tertiary/aromatic N) is 3. The molecule has 0 fully saturated rings. The van der Waals surface area contributed by atoms with Crippen LogP contribution in [-0.2, 0) is 11.3 Å². The minimum atomic E-state index is -0.257. The van der Waals surface area contributed by atoms with Crippen molar-refractivity contribution in [2.45, 2.75) is 34.8 Å². The Labute approximate surface area is 154 Å². The normalized spacial score (nSPS) is 10.4. The van der Waals surface area contributed by atoms with Gasteiger partial charge >= 0.3 is 0 Å². The molecule has 2 heterocycles. The van der Waals surface area contributed by atoms with Crippen LogP contribution in [0.4, 0.5) is 0 Å². The monoisotopic (exact) mass is 363 g/mol. The van der Waals surface area contributed by atoms with Crippen LogP contribution in [0.5, 0.6) is 0 Å². The second-order valence-corrected chi connectivity index (χ2v) is 4.87. The summed E-state index contributed by atoms with van der Waals surface area (Å²) < 4.78 is 7.10. The lowest BCUT2D eigenvalue weighted by Crippen LogP contribution is -2.25. The molecule has 2 aromatic heterocycles. The van der Waals surface area contributed by atoms with Gasteiger partial charge in [-0.25, -0.2) is 16.4 Å². The average molecular weight is 363 g/mol. The minimum Gasteiger partial charge on any atom is -0.384 e. The molecule has 144 valence electrons. The van der Waals surface area contributed by atoms with Crippen molar-refractivity contribution in [3.63, 3.8) is 0 Å². The molecular formula is C17H29N7O2. The highest BCUT2D eigenvalue weighted by atomic mass is 16.5. The van der Waals surface area contributed by atoms with Gasteiger partial charge in [-0.3, -0.25) is 9.20 Å².